The minimum absolute atomic E-state index is 0.408. The predicted octanol–water partition coefficient (Wildman–Crippen LogP) is 4.44. The van der Waals surface area contributed by atoms with Crippen LogP contribution in [0.25, 0.3) is 0 Å². The van der Waals surface area contributed by atoms with Crippen LogP contribution < -0.4 is 10.2 Å². The number of hydrogen-bond donors (Lipinski definition) is 1. The van der Waals surface area contributed by atoms with Gasteiger partial charge < -0.3 is 10.2 Å². The molecule has 2 heteroatoms. The van der Waals surface area contributed by atoms with Crippen molar-refractivity contribution in [2.24, 2.45) is 5.41 Å². The number of benzene rings is 1. The van der Waals surface area contributed by atoms with Crippen molar-refractivity contribution < 1.29 is 0 Å². The largest absolute Gasteiger partial charge is 0.382 e. The lowest BCUT2D eigenvalue weighted by Crippen LogP contribution is -2.39. The predicted molar refractivity (Wildman–Crippen MR) is 85.2 cm³/mol. The Morgan fingerprint density at radius 1 is 1.21 bits per heavy atom. The van der Waals surface area contributed by atoms with Crippen LogP contribution in [-0.4, -0.2) is 20.1 Å². The molecule has 2 rings (SSSR count). The van der Waals surface area contributed by atoms with Gasteiger partial charge in [-0.2, -0.15) is 0 Å². The van der Waals surface area contributed by atoms with Gasteiger partial charge in [0, 0.05) is 31.5 Å². The third-order valence-electron chi connectivity index (χ3n) is 4.56. The van der Waals surface area contributed by atoms with Crippen LogP contribution in [0.4, 0.5) is 11.4 Å². The summed E-state index contributed by atoms with van der Waals surface area (Å²) >= 11 is 0. The Morgan fingerprint density at radius 2 is 1.95 bits per heavy atom. The molecule has 0 heterocycles. The molecule has 1 aliphatic carbocycles. The van der Waals surface area contributed by atoms with Crippen LogP contribution in [0.1, 0.15) is 45.1 Å². The van der Waals surface area contributed by atoms with Crippen molar-refractivity contribution >= 4 is 11.4 Å². The molecule has 2 nitrogen and oxygen atoms in total. The van der Waals surface area contributed by atoms with Gasteiger partial charge in [0.25, 0.3) is 0 Å². The molecule has 106 valence electrons. The number of rotatable bonds is 3. The average molecular weight is 260 g/mol. The molecule has 1 atom stereocenters. The fraction of sp³-hybridized carbons (Fsp3) is 0.647. The van der Waals surface area contributed by atoms with Crippen molar-refractivity contribution in [3.8, 4) is 0 Å². The smallest absolute Gasteiger partial charge is 0.0373 e. The molecule has 0 aliphatic heterocycles. The monoisotopic (exact) mass is 260 g/mol. The Balaban J connectivity index is 2.14. The molecule has 1 aromatic carbocycles. The molecule has 0 amide bonds. The summed E-state index contributed by atoms with van der Waals surface area (Å²) in [6, 6.07) is 7.30. The van der Waals surface area contributed by atoms with Gasteiger partial charge in [0.15, 0.2) is 0 Å². The Bertz CT molecular complexity index is 435. The Kier molecular flexibility index (Phi) is 4.07. The summed E-state index contributed by atoms with van der Waals surface area (Å²) in [6.07, 6.45) is 5.36. The first-order valence-electron chi connectivity index (χ1n) is 7.45. The minimum Gasteiger partial charge on any atom is -0.382 e. The highest BCUT2D eigenvalue weighted by molar-refractivity contribution is 5.60. The highest BCUT2D eigenvalue weighted by Gasteiger charge is 2.32. The van der Waals surface area contributed by atoms with Crippen LogP contribution in [0, 0.1) is 12.3 Å². The van der Waals surface area contributed by atoms with Gasteiger partial charge in [-0.05, 0) is 48.9 Å². The zero-order valence-corrected chi connectivity index (χ0v) is 13.1. The quantitative estimate of drug-likeness (QED) is 0.864. The van der Waals surface area contributed by atoms with E-state index in [0.29, 0.717) is 11.5 Å². The number of aryl methyl sites for hydroxylation is 1. The summed E-state index contributed by atoms with van der Waals surface area (Å²) in [5, 5.41) is 3.79. The van der Waals surface area contributed by atoms with E-state index in [9.17, 15) is 0 Å². The van der Waals surface area contributed by atoms with Gasteiger partial charge in [0.05, 0.1) is 0 Å². The second kappa shape index (κ2) is 5.44. The second-order valence-corrected chi connectivity index (χ2v) is 6.82. The number of nitrogens with one attached hydrogen (secondary N) is 1. The fourth-order valence-corrected chi connectivity index (χ4v) is 3.04. The maximum Gasteiger partial charge on any atom is 0.0373 e. The molecule has 0 spiro atoms. The molecule has 1 aromatic rings. The third-order valence-corrected chi connectivity index (χ3v) is 4.56. The van der Waals surface area contributed by atoms with Gasteiger partial charge in [-0.15, -0.1) is 0 Å². The van der Waals surface area contributed by atoms with Crippen molar-refractivity contribution in [2.45, 2.75) is 52.5 Å². The van der Waals surface area contributed by atoms with E-state index in [4.69, 9.17) is 0 Å². The normalized spacial score (nSPS) is 22.1. The zero-order chi connectivity index (χ0) is 14.0. The van der Waals surface area contributed by atoms with Gasteiger partial charge in [-0.1, -0.05) is 26.7 Å². The van der Waals surface area contributed by atoms with E-state index < -0.39 is 0 Å². The third kappa shape index (κ3) is 3.23. The number of hydrogen-bond acceptors (Lipinski definition) is 2. The fourth-order valence-electron chi connectivity index (χ4n) is 3.04. The molecular formula is C17H28N2. The van der Waals surface area contributed by atoms with Crippen molar-refractivity contribution in [3.63, 3.8) is 0 Å². The van der Waals surface area contributed by atoms with Gasteiger partial charge in [0.1, 0.15) is 0 Å². The lowest BCUT2D eigenvalue weighted by molar-refractivity contribution is 0.217. The van der Waals surface area contributed by atoms with Crippen LogP contribution in [-0.2, 0) is 0 Å². The molecule has 1 fully saturated rings. The van der Waals surface area contributed by atoms with Crippen LogP contribution in [0.5, 0.6) is 0 Å². The molecule has 19 heavy (non-hydrogen) atoms. The van der Waals surface area contributed by atoms with Crippen LogP contribution in [0.2, 0.25) is 0 Å². The van der Waals surface area contributed by atoms with Crippen molar-refractivity contribution in [1.29, 1.82) is 0 Å². The van der Waals surface area contributed by atoms with Gasteiger partial charge >= 0.3 is 0 Å². The van der Waals surface area contributed by atoms with Crippen molar-refractivity contribution in [2.75, 3.05) is 24.3 Å². The summed E-state index contributed by atoms with van der Waals surface area (Å²) in [6.45, 7) is 6.99. The van der Waals surface area contributed by atoms with Gasteiger partial charge in [-0.3, -0.25) is 0 Å². The van der Waals surface area contributed by atoms with E-state index in [0.717, 1.165) is 0 Å². The van der Waals surface area contributed by atoms with E-state index in [-0.39, 0.29) is 0 Å². The van der Waals surface area contributed by atoms with Gasteiger partial charge in [-0.25, -0.2) is 0 Å². The average Bonchev–Trinajstić information content (AvgIpc) is 2.33. The lowest BCUT2D eigenvalue weighted by atomic mass is 9.73. The second-order valence-electron chi connectivity index (χ2n) is 6.82. The summed E-state index contributed by atoms with van der Waals surface area (Å²) in [7, 11) is 4.18. The first kappa shape index (κ1) is 14.2. The molecule has 0 bridgehead atoms. The standard InChI is InChI=1S/C17H28N2/c1-13-12-14(19(4)5)9-10-15(13)18-16-8-6-7-11-17(16,2)3/h9-10,12,16,18H,6-8,11H2,1-5H3. The number of nitrogens with zero attached hydrogens (tertiary/aromatic N) is 1. The highest BCUT2D eigenvalue weighted by Crippen LogP contribution is 2.37. The molecule has 0 aromatic heterocycles. The minimum atomic E-state index is 0.408. The van der Waals surface area contributed by atoms with Crippen molar-refractivity contribution in [3.05, 3.63) is 23.8 Å². The van der Waals surface area contributed by atoms with E-state index in [2.05, 4.69) is 63.3 Å². The topological polar surface area (TPSA) is 15.3 Å². The molecule has 0 radical (unpaired) electrons. The first-order valence-corrected chi connectivity index (χ1v) is 7.45. The summed E-state index contributed by atoms with van der Waals surface area (Å²) < 4.78 is 0. The highest BCUT2D eigenvalue weighted by atomic mass is 15.1. The van der Waals surface area contributed by atoms with Crippen LogP contribution in [0.3, 0.4) is 0 Å². The molecule has 0 saturated heterocycles. The van der Waals surface area contributed by atoms with E-state index in [1.807, 2.05) is 0 Å². The van der Waals surface area contributed by atoms with E-state index in [1.165, 1.54) is 42.6 Å². The summed E-state index contributed by atoms with van der Waals surface area (Å²) in [5.41, 5.74) is 4.31. The summed E-state index contributed by atoms with van der Waals surface area (Å²) in [4.78, 5) is 2.15. The van der Waals surface area contributed by atoms with Crippen molar-refractivity contribution in [1.82, 2.24) is 0 Å². The maximum atomic E-state index is 3.79. The Hall–Kier alpha value is -1.18. The first-order chi connectivity index (χ1) is 8.90. The zero-order valence-electron chi connectivity index (χ0n) is 13.1. The van der Waals surface area contributed by atoms with Crippen LogP contribution in [0.15, 0.2) is 18.2 Å². The number of anilines is 2. The maximum absolute atomic E-state index is 3.79. The lowest BCUT2D eigenvalue weighted by Gasteiger charge is -2.40. The summed E-state index contributed by atoms with van der Waals surface area (Å²) in [5.74, 6) is 0. The Morgan fingerprint density at radius 3 is 2.53 bits per heavy atom. The molecule has 1 unspecified atom stereocenters. The van der Waals surface area contributed by atoms with E-state index >= 15 is 0 Å². The molecule has 1 aliphatic rings. The molecular weight excluding hydrogens is 232 g/mol. The SMILES string of the molecule is Cc1cc(N(C)C)ccc1NC1CCCCC1(C)C. The van der Waals surface area contributed by atoms with Gasteiger partial charge in [0.2, 0.25) is 0 Å². The Labute approximate surface area is 118 Å². The molecule has 1 saturated carbocycles. The molecule has 1 N–H and O–H groups in total. The van der Waals surface area contributed by atoms with E-state index in [1.54, 1.807) is 0 Å². The van der Waals surface area contributed by atoms with Crippen LogP contribution >= 0.6 is 0 Å².